The molecule has 0 fully saturated rings. The van der Waals surface area contributed by atoms with Crippen LogP contribution in [0, 0.1) is 0 Å². The van der Waals surface area contributed by atoms with Gasteiger partial charge >= 0.3 is 5.97 Å². The lowest BCUT2D eigenvalue weighted by Gasteiger charge is -2.22. The molecule has 0 saturated heterocycles. The number of rotatable bonds is 7. The van der Waals surface area contributed by atoms with Crippen LogP contribution >= 0.6 is 11.8 Å². The zero-order valence-corrected chi connectivity index (χ0v) is 10.9. The number of aromatic nitrogens is 3. The van der Waals surface area contributed by atoms with Gasteiger partial charge in [-0.25, -0.2) is 0 Å². The van der Waals surface area contributed by atoms with Gasteiger partial charge in [-0.05, 0) is 19.3 Å². The molecule has 17 heavy (non-hydrogen) atoms. The molecule has 1 rings (SSSR count). The van der Waals surface area contributed by atoms with Gasteiger partial charge in [0.2, 0.25) is 0 Å². The lowest BCUT2D eigenvalue weighted by Crippen LogP contribution is -2.47. The number of carboxylic acid groups (broad SMARTS) is 1. The molecular formula is C10H18N4O2S. The van der Waals surface area contributed by atoms with E-state index < -0.39 is 11.5 Å². The third-order valence-corrected chi connectivity index (χ3v) is 3.85. The summed E-state index contributed by atoms with van der Waals surface area (Å²) in [4.78, 5) is 11.0. The molecule has 0 aliphatic carbocycles. The van der Waals surface area contributed by atoms with Crippen molar-refractivity contribution in [2.75, 3.05) is 5.75 Å². The molecule has 0 aliphatic heterocycles. The second-order valence-corrected chi connectivity index (χ2v) is 5.05. The molecule has 0 aliphatic rings. The van der Waals surface area contributed by atoms with Crippen LogP contribution in [-0.2, 0) is 11.8 Å². The monoisotopic (exact) mass is 258 g/mol. The SMILES string of the molecule is CCC(N)(CCCSc1nncn1C)C(=O)O. The molecule has 0 radical (unpaired) electrons. The van der Waals surface area contributed by atoms with Crippen molar-refractivity contribution in [1.82, 2.24) is 14.8 Å². The number of carboxylic acids is 1. The Balaban J connectivity index is 2.33. The van der Waals surface area contributed by atoms with E-state index in [1.807, 2.05) is 11.6 Å². The van der Waals surface area contributed by atoms with E-state index in [0.717, 1.165) is 17.3 Å². The molecule has 1 aromatic rings. The number of aryl methyl sites for hydroxylation is 1. The van der Waals surface area contributed by atoms with E-state index in [1.165, 1.54) is 0 Å². The Morgan fingerprint density at radius 1 is 1.71 bits per heavy atom. The Hall–Kier alpha value is -1.08. The van der Waals surface area contributed by atoms with Gasteiger partial charge in [-0.1, -0.05) is 18.7 Å². The van der Waals surface area contributed by atoms with E-state index in [9.17, 15) is 4.79 Å². The summed E-state index contributed by atoms with van der Waals surface area (Å²) in [6.07, 6.45) is 3.30. The second-order valence-electron chi connectivity index (χ2n) is 3.99. The fraction of sp³-hybridized carbons (Fsp3) is 0.700. The second kappa shape index (κ2) is 6.02. The summed E-state index contributed by atoms with van der Waals surface area (Å²) < 4.78 is 1.83. The van der Waals surface area contributed by atoms with Crippen molar-refractivity contribution in [3.63, 3.8) is 0 Å². The van der Waals surface area contributed by atoms with Crippen molar-refractivity contribution >= 4 is 17.7 Å². The number of thioether (sulfide) groups is 1. The molecule has 96 valence electrons. The molecule has 1 unspecified atom stereocenters. The van der Waals surface area contributed by atoms with E-state index in [2.05, 4.69) is 10.2 Å². The number of nitrogens with two attached hydrogens (primary N) is 1. The fourth-order valence-electron chi connectivity index (χ4n) is 1.39. The van der Waals surface area contributed by atoms with E-state index in [0.29, 0.717) is 12.8 Å². The molecule has 1 atom stereocenters. The van der Waals surface area contributed by atoms with Crippen molar-refractivity contribution in [2.45, 2.75) is 36.9 Å². The number of aliphatic carboxylic acids is 1. The molecular weight excluding hydrogens is 240 g/mol. The number of hydrogen-bond donors (Lipinski definition) is 2. The summed E-state index contributed by atoms with van der Waals surface area (Å²) in [6.45, 7) is 1.80. The normalized spacial score (nSPS) is 14.5. The highest BCUT2D eigenvalue weighted by Gasteiger charge is 2.30. The Bertz CT molecular complexity index is 382. The minimum Gasteiger partial charge on any atom is -0.480 e. The van der Waals surface area contributed by atoms with E-state index >= 15 is 0 Å². The highest BCUT2D eigenvalue weighted by atomic mass is 32.2. The van der Waals surface area contributed by atoms with Crippen LogP contribution in [0.1, 0.15) is 26.2 Å². The van der Waals surface area contributed by atoms with E-state index in [4.69, 9.17) is 10.8 Å². The van der Waals surface area contributed by atoms with Gasteiger partial charge in [0.1, 0.15) is 11.9 Å². The third kappa shape index (κ3) is 3.71. The molecule has 0 saturated carbocycles. The van der Waals surface area contributed by atoms with Crippen LogP contribution in [0.2, 0.25) is 0 Å². The van der Waals surface area contributed by atoms with Gasteiger partial charge in [0.05, 0.1) is 0 Å². The van der Waals surface area contributed by atoms with Gasteiger partial charge in [0, 0.05) is 12.8 Å². The minimum atomic E-state index is -1.10. The summed E-state index contributed by atoms with van der Waals surface area (Å²) in [7, 11) is 1.87. The van der Waals surface area contributed by atoms with E-state index in [-0.39, 0.29) is 0 Å². The smallest absolute Gasteiger partial charge is 0.323 e. The van der Waals surface area contributed by atoms with Gasteiger partial charge in [-0.15, -0.1) is 10.2 Å². The topological polar surface area (TPSA) is 94.0 Å². The zero-order chi connectivity index (χ0) is 12.9. The lowest BCUT2D eigenvalue weighted by molar-refractivity contribution is -0.143. The maximum atomic E-state index is 11.0. The molecule has 0 spiro atoms. The first-order valence-electron chi connectivity index (χ1n) is 5.48. The Kier molecular flexibility index (Phi) is 4.95. The van der Waals surface area contributed by atoms with Crippen LogP contribution in [0.5, 0.6) is 0 Å². The Morgan fingerprint density at radius 2 is 2.41 bits per heavy atom. The predicted molar refractivity (Wildman–Crippen MR) is 65.8 cm³/mol. The molecule has 3 N–H and O–H groups in total. The average Bonchev–Trinajstić information content (AvgIpc) is 2.70. The maximum absolute atomic E-state index is 11.0. The zero-order valence-electron chi connectivity index (χ0n) is 10.1. The summed E-state index contributed by atoms with van der Waals surface area (Å²) in [5.74, 6) is -0.137. The fourth-order valence-corrected chi connectivity index (χ4v) is 2.22. The van der Waals surface area contributed by atoms with Crippen molar-refractivity contribution in [3.05, 3.63) is 6.33 Å². The van der Waals surface area contributed by atoms with Gasteiger partial charge in [-0.3, -0.25) is 4.79 Å². The number of nitrogens with zero attached hydrogens (tertiary/aromatic N) is 3. The first-order chi connectivity index (χ1) is 7.99. The van der Waals surface area contributed by atoms with Crippen LogP contribution in [0.15, 0.2) is 11.5 Å². The largest absolute Gasteiger partial charge is 0.480 e. The number of hydrogen-bond acceptors (Lipinski definition) is 5. The van der Waals surface area contributed by atoms with Crippen LogP contribution in [0.3, 0.4) is 0 Å². The summed E-state index contributed by atoms with van der Waals surface area (Å²) in [5.41, 5.74) is 4.69. The van der Waals surface area contributed by atoms with Crippen LogP contribution in [0.25, 0.3) is 0 Å². The summed E-state index contributed by atoms with van der Waals surface area (Å²) >= 11 is 1.56. The van der Waals surface area contributed by atoms with Crippen molar-refractivity contribution in [2.24, 2.45) is 12.8 Å². The average molecular weight is 258 g/mol. The molecule has 0 amide bonds. The van der Waals surface area contributed by atoms with Crippen LogP contribution in [0.4, 0.5) is 0 Å². The molecule has 6 nitrogen and oxygen atoms in total. The van der Waals surface area contributed by atoms with Crippen LogP contribution in [-0.4, -0.2) is 37.1 Å². The van der Waals surface area contributed by atoms with Gasteiger partial charge in [-0.2, -0.15) is 0 Å². The molecule has 0 aromatic carbocycles. The lowest BCUT2D eigenvalue weighted by atomic mass is 9.92. The Labute approximate surface area is 105 Å². The molecule has 7 heteroatoms. The van der Waals surface area contributed by atoms with Crippen molar-refractivity contribution in [1.29, 1.82) is 0 Å². The highest BCUT2D eigenvalue weighted by Crippen LogP contribution is 2.20. The van der Waals surface area contributed by atoms with Crippen molar-refractivity contribution < 1.29 is 9.90 Å². The van der Waals surface area contributed by atoms with E-state index in [1.54, 1.807) is 25.0 Å². The van der Waals surface area contributed by atoms with Gasteiger partial charge in [0.15, 0.2) is 5.16 Å². The summed E-state index contributed by atoms with van der Waals surface area (Å²) in [6, 6.07) is 0. The first kappa shape index (κ1) is 14.0. The molecule has 1 aromatic heterocycles. The Morgan fingerprint density at radius 3 is 2.88 bits per heavy atom. The first-order valence-corrected chi connectivity index (χ1v) is 6.47. The minimum absolute atomic E-state index is 0.441. The number of carbonyl (C=O) groups is 1. The highest BCUT2D eigenvalue weighted by molar-refractivity contribution is 7.99. The quantitative estimate of drug-likeness (QED) is 0.557. The summed E-state index contributed by atoms with van der Waals surface area (Å²) in [5, 5.41) is 17.5. The van der Waals surface area contributed by atoms with Gasteiger partial charge < -0.3 is 15.4 Å². The van der Waals surface area contributed by atoms with Crippen molar-refractivity contribution in [3.8, 4) is 0 Å². The van der Waals surface area contributed by atoms with Crippen LogP contribution < -0.4 is 5.73 Å². The maximum Gasteiger partial charge on any atom is 0.323 e. The van der Waals surface area contributed by atoms with Gasteiger partial charge in [0.25, 0.3) is 0 Å². The third-order valence-electron chi connectivity index (χ3n) is 2.73. The standard InChI is InChI=1S/C10H18N4O2S/c1-3-10(11,8(15)16)5-4-6-17-9-13-12-7-14(9)2/h7H,3-6,11H2,1-2H3,(H,15,16). The molecule has 1 heterocycles. The predicted octanol–water partition coefficient (Wildman–Crippen LogP) is 0.879. The molecule has 0 bridgehead atoms.